The Morgan fingerprint density at radius 3 is 2.22 bits per heavy atom. The van der Waals surface area contributed by atoms with Gasteiger partial charge in [-0.2, -0.15) is 18.2 Å². The maximum Gasteiger partial charge on any atom is 2.00 e. The van der Waals surface area contributed by atoms with Crippen LogP contribution in [0.15, 0.2) is 90.6 Å². The van der Waals surface area contributed by atoms with Crippen LogP contribution in [0.4, 0.5) is 8.63 Å². The molecule has 2 aromatic rings. The number of ether oxygens (including phenoxy) is 1. The number of benzene rings is 1. The largest absolute Gasteiger partial charge is 2.00 e. The number of hydrogen-bond donors (Lipinski definition) is 0. The van der Waals surface area contributed by atoms with Gasteiger partial charge in [0.05, 0.1) is 7.11 Å². The predicted octanol–water partition coefficient (Wildman–Crippen LogP) is 4.15. The van der Waals surface area contributed by atoms with Crippen LogP contribution >= 0.6 is 0 Å². The molecule has 2 aromatic carbocycles. The molecule has 0 heterocycles. The molecular formula is C20H17BF2FeO3. The fraction of sp³-hybridized carbons (Fsp3) is 0.0500. The molecule has 0 unspecified atom stereocenters. The molecule has 3 nitrogen and oxygen atoms in total. The summed E-state index contributed by atoms with van der Waals surface area (Å²) >= 11 is 0. The summed E-state index contributed by atoms with van der Waals surface area (Å²) in [4.78, 5) is 0. The number of methoxy groups -OCH3 is 1. The van der Waals surface area contributed by atoms with Crippen molar-refractivity contribution in [2.45, 2.75) is 0 Å². The van der Waals surface area contributed by atoms with Crippen molar-refractivity contribution in [3.8, 4) is 11.5 Å². The fourth-order valence-electron chi connectivity index (χ4n) is 2.19. The minimum atomic E-state index is -3.01. The smallest absolute Gasteiger partial charge is 0.872 e. The Labute approximate surface area is 168 Å². The maximum atomic E-state index is 12.4. The first-order valence-electron chi connectivity index (χ1n) is 7.84. The zero-order valence-electron chi connectivity index (χ0n) is 14.5. The molecule has 1 aliphatic rings. The summed E-state index contributed by atoms with van der Waals surface area (Å²) < 4.78 is 34.3. The summed E-state index contributed by atoms with van der Waals surface area (Å²) in [7, 11) is -1.65. The minimum Gasteiger partial charge on any atom is -0.872 e. The average molecular weight is 410 g/mol. The molecule has 0 aromatic heterocycles. The van der Waals surface area contributed by atoms with Gasteiger partial charge in [-0.3, -0.25) is 0 Å². The molecule has 0 radical (unpaired) electrons. The van der Waals surface area contributed by atoms with Gasteiger partial charge in [-0.1, -0.05) is 48.3 Å². The molecule has 0 fully saturated rings. The third-order valence-electron chi connectivity index (χ3n) is 3.34. The zero-order valence-corrected chi connectivity index (χ0v) is 15.6. The zero-order chi connectivity index (χ0) is 18.8. The molecule has 0 aliphatic heterocycles. The van der Waals surface area contributed by atoms with Crippen molar-refractivity contribution in [3.63, 3.8) is 0 Å². The summed E-state index contributed by atoms with van der Waals surface area (Å²) in [6, 6.07) is 14.3. The third-order valence-corrected chi connectivity index (χ3v) is 3.34. The van der Waals surface area contributed by atoms with Crippen LogP contribution in [0.25, 0.3) is 5.76 Å². The van der Waals surface area contributed by atoms with Gasteiger partial charge in [-0.15, -0.1) is 0 Å². The van der Waals surface area contributed by atoms with Crippen LogP contribution in [0.3, 0.4) is 0 Å². The van der Waals surface area contributed by atoms with Crippen LogP contribution < -0.4 is 14.5 Å². The molecule has 140 valence electrons. The molecule has 0 saturated heterocycles. The molecule has 0 atom stereocenters. The van der Waals surface area contributed by atoms with Gasteiger partial charge in [0.15, 0.2) is 0 Å². The fourth-order valence-corrected chi connectivity index (χ4v) is 2.19. The van der Waals surface area contributed by atoms with Crippen LogP contribution in [-0.2, 0) is 17.1 Å². The second-order valence-corrected chi connectivity index (χ2v) is 5.09. The van der Waals surface area contributed by atoms with Gasteiger partial charge in [0, 0.05) is 5.56 Å². The van der Waals surface area contributed by atoms with E-state index in [4.69, 9.17) is 4.74 Å². The Balaban J connectivity index is 0.000000526. The number of hydrogen-bond acceptors (Lipinski definition) is 3. The number of allylic oxidation sites excluding steroid dienone is 7. The standard InChI is InChI=1S/C15H13BF2O3.C5H5.Fe/c1-20-13-7-4-8-14(21-16(17)18)15(13)12(19)10-9-11-5-2-3-6-11;1-2-4-5-3-1;/h2-10,19H,1H3;1-5H;/q;-1;+2/p-1/b12-10-;;. The van der Waals surface area contributed by atoms with E-state index in [2.05, 4.69) is 4.65 Å². The SMILES string of the molecule is COc1cccc(OB(F)F)c1/C([O-])=C/C=C1C=CC=C1.[Fe+2].c1cc[cH-]c1. The van der Waals surface area contributed by atoms with Crippen molar-refractivity contribution in [1.82, 2.24) is 0 Å². The van der Waals surface area contributed by atoms with E-state index in [1.807, 2.05) is 54.6 Å². The molecule has 0 N–H and O–H groups in total. The van der Waals surface area contributed by atoms with E-state index in [-0.39, 0.29) is 34.1 Å². The van der Waals surface area contributed by atoms with Crippen molar-refractivity contribution in [3.05, 3.63) is 96.1 Å². The molecule has 0 spiro atoms. The van der Waals surface area contributed by atoms with Gasteiger partial charge in [0.1, 0.15) is 11.5 Å². The second kappa shape index (κ2) is 11.9. The van der Waals surface area contributed by atoms with Gasteiger partial charge >= 0.3 is 24.5 Å². The topological polar surface area (TPSA) is 41.5 Å². The van der Waals surface area contributed by atoms with Gasteiger partial charge in [0.2, 0.25) is 0 Å². The maximum absolute atomic E-state index is 12.4. The van der Waals surface area contributed by atoms with Gasteiger partial charge in [-0.25, -0.2) is 20.8 Å². The van der Waals surface area contributed by atoms with E-state index in [0.717, 1.165) is 5.57 Å². The summed E-state index contributed by atoms with van der Waals surface area (Å²) in [5.41, 5.74) is 0.817. The Morgan fingerprint density at radius 1 is 1.07 bits per heavy atom. The Morgan fingerprint density at radius 2 is 1.70 bits per heavy atom. The van der Waals surface area contributed by atoms with E-state index in [1.165, 1.54) is 31.4 Å². The van der Waals surface area contributed by atoms with Crippen molar-refractivity contribution < 1.29 is 40.2 Å². The molecule has 0 amide bonds. The van der Waals surface area contributed by atoms with E-state index < -0.39 is 13.2 Å². The van der Waals surface area contributed by atoms with E-state index in [0.29, 0.717) is 0 Å². The van der Waals surface area contributed by atoms with E-state index in [9.17, 15) is 13.7 Å². The molecule has 0 bridgehead atoms. The van der Waals surface area contributed by atoms with Gasteiger partial charge < -0.3 is 14.5 Å². The van der Waals surface area contributed by atoms with Crippen LogP contribution in [0.2, 0.25) is 0 Å². The molecule has 3 rings (SSSR count). The Kier molecular flexibility index (Phi) is 9.87. The summed E-state index contributed by atoms with van der Waals surface area (Å²) in [6.45, 7) is 0. The van der Waals surface area contributed by atoms with Gasteiger partial charge in [-0.05, 0) is 17.7 Å². The molecule has 0 saturated carbocycles. The van der Waals surface area contributed by atoms with Crippen LogP contribution in [0, 0.1) is 0 Å². The normalized spacial score (nSPS) is 12.0. The second-order valence-electron chi connectivity index (χ2n) is 5.09. The van der Waals surface area contributed by atoms with Crippen molar-refractivity contribution in [2.24, 2.45) is 0 Å². The summed E-state index contributed by atoms with van der Waals surface area (Å²) in [5.74, 6) is -0.490. The molecular weight excluding hydrogens is 393 g/mol. The van der Waals surface area contributed by atoms with Gasteiger partial charge in [0.25, 0.3) is 0 Å². The Bertz CT molecular complexity index is 781. The minimum absolute atomic E-state index is 0. The van der Waals surface area contributed by atoms with Crippen LogP contribution in [0.1, 0.15) is 5.56 Å². The summed E-state index contributed by atoms with van der Waals surface area (Å²) in [5, 5.41) is 12.2. The Hall–Kier alpha value is -2.63. The third kappa shape index (κ3) is 7.25. The average Bonchev–Trinajstić information content (AvgIpc) is 3.35. The van der Waals surface area contributed by atoms with Crippen LogP contribution in [0.5, 0.6) is 11.5 Å². The number of rotatable bonds is 5. The first-order chi connectivity index (χ1) is 12.6. The van der Waals surface area contributed by atoms with E-state index >= 15 is 0 Å². The molecule has 1 aliphatic carbocycles. The quantitative estimate of drug-likeness (QED) is 0.423. The predicted molar refractivity (Wildman–Crippen MR) is 98.0 cm³/mol. The monoisotopic (exact) mass is 410 g/mol. The first-order valence-corrected chi connectivity index (χ1v) is 7.84. The summed E-state index contributed by atoms with van der Waals surface area (Å²) in [6.07, 6.45) is 10.2. The van der Waals surface area contributed by atoms with Crippen molar-refractivity contribution >= 4 is 13.2 Å². The van der Waals surface area contributed by atoms with Crippen molar-refractivity contribution in [2.75, 3.05) is 7.11 Å². The number of halogens is 2. The first kappa shape index (κ1) is 22.4. The van der Waals surface area contributed by atoms with Crippen molar-refractivity contribution in [1.29, 1.82) is 0 Å². The van der Waals surface area contributed by atoms with E-state index in [1.54, 1.807) is 6.08 Å². The molecule has 27 heavy (non-hydrogen) atoms. The van der Waals surface area contributed by atoms with Crippen LogP contribution in [-0.4, -0.2) is 14.6 Å². The molecule has 7 heteroatoms.